The lowest BCUT2D eigenvalue weighted by Crippen LogP contribution is -2.01. The van der Waals surface area contributed by atoms with Crippen LogP contribution in [0.2, 0.25) is 5.15 Å². The fourth-order valence-electron chi connectivity index (χ4n) is 1.23. The van der Waals surface area contributed by atoms with E-state index in [1.54, 1.807) is 0 Å². The van der Waals surface area contributed by atoms with Gasteiger partial charge < -0.3 is 5.11 Å². The van der Waals surface area contributed by atoms with Crippen LogP contribution in [-0.4, -0.2) is 21.0 Å². The summed E-state index contributed by atoms with van der Waals surface area (Å²) in [5, 5.41) is 8.71. The second-order valence-corrected chi connectivity index (χ2v) is 3.43. The zero-order chi connectivity index (χ0) is 11.5. The van der Waals surface area contributed by atoms with E-state index in [0.29, 0.717) is 5.82 Å². The van der Waals surface area contributed by atoms with Gasteiger partial charge in [0.15, 0.2) is 5.82 Å². The molecule has 5 heteroatoms. The molecule has 0 aliphatic heterocycles. The predicted molar refractivity (Wildman–Crippen MR) is 59.4 cm³/mol. The Morgan fingerprint density at radius 2 is 1.94 bits per heavy atom. The first-order chi connectivity index (χ1) is 7.68. The molecule has 1 aromatic heterocycles. The summed E-state index contributed by atoms with van der Waals surface area (Å²) in [5.74, 6) is -0.722. The number of halogens is 1. The van der Waals surface area contributed by atoms with Crippen LogP contribution < -0.4 is 0 Å². The third kappa shape index (κ3) is 2.01. The first-order valence-corrected chi connectivity index (χ1v) is 4.87. The highest BCUT2D eigenvalue weighted by Gasteiger charge is 2.12. The van der Waals surface area contributed by atoms with Crippen LogP contribution in [0, 0.1) is 0 Å². The Labute approximate surface area is 96.6 Å². The Morgan fingerprint density at radius 1 is 1.25 bits per heavy atom. The first kappa shape index (κ1) is 10.6. The molecule has 1 N–H and O–H groups in total. The third-order valence-corrected chi connectivity index (χ3v) is 2.29. The fraction of sp³-hybridized carbons (Fsp3) is 0. The SMILES string of the molecule is O=C(O)c1cnc(-c2ccccc2)nc1Cl. The van der Waals surface area contributed by atoms with Crippen molar-refractivity contribution in [2.24, 2.45) is 0 Å². The minimum atomic E-state index is -1.13. The molecule has 0 atom stereocenters. The van der Waals surface area contributed by atoms with E-state index in [1.807, 2.05) is 30.3 Å². The van der Waals surface area contributed by atoms with E-state index < -0.39 is 5.97 Å². The molecule has 4 nitrogen and oxygen atoms in total. The number of hydrogen-bond donors (Lipinski definition) is 1. The van der Waals surface area contributed by atoms with E-state index in [2.05, 4.69) is 9.97 Å². The van der Waals surface area contributed by atoms with Crippen LogP contribution in [0.25, 0.3) is 11.4 Å². The molecule has 0 radical (unpaired) electrons. The van der Waals surface area contributed by atoms with E-state index in [9.17, 15) is 4.79 Å². The van der Waals surface area contributed by atoms with E-state index >= 15 is 0 Å². The predicted octanol–water partition coefficient (Wildman–Crippen LogP) is 2.50. The van der Waals surface area contributed by atoms with Crippen molar-refractivity contribution < 1.29 is 9.90 Å². The van der Waals surface area contributed by atoms with Gasteiger partial charge >= 0.3 is 5.97 Å². The van der Waals surface area contributed by atoms with Gasteiger partial charge in [0, 0.05) is 11.8 Å². The molecule has 0 fully saturated rings. The summed E-state index contributed by atoms with van der Waals surface area (Å²) in [6, 6.07) is 9.21. The molecule has 0 aliphatic carbocycles. The van der Waals surface area contributed by atoms with Crippen molar-refractivity contribution in [1.82, 2.24) is 9.97 Å². The largest absolute Gasteiger partial charge is 0.478 e. The number of hydrogen-bond acceptors (Lipinski definition) is 3. The van der Waals surface area contributed by atoms with Gasteiger partial charge in [0.05, 0.1) is 0 Å². The Morgan fingerprint density at radius 3 is 2.50 bits per heavy atom. The van der Waals surface area contributed by atoms with Crippen molar-refractivity contribution >= 4 is 17.6 Å². The van der Waals surface area contributed by atoms with Crippen LogP contribution in [0.4, 0.5) is 0 Å². The molecule has 0 unspecified atom stereocenters. The van der Waals surface area contributed by atoms with Crippen LogP contribution in [0.3, 0.4) is 0 Å². The maximum atomic E-state index is 10.7. The fourth-order valence-corrected chi connectivity index (χ4v) is 1.44. The number of benzene rings is 1. The minimum absolute atomic E-state index is 0.0543. The second-order valence-electron chi connectivity index (χ2n) is 3.07. The summed E-state index contributed by atoms with van der Waals surface area (Å²) in [4.78, 5) is 18.6. The van der Waals surface area contributed by atoms with Crippen molar-refractivity contribution in [3.63, 3.8) is 0 Å². The number of carbonyl (C=O) groups is 1. The number of nitrogens with zero attached hydrogens (tertiary/aromatic N) is 2. The van der Waals surface area contributed by atoms with E-state index in [0.717, 1.165) is 5.56 Å². The summed E-state index contributed by atoms with van der Waals surface area (Å²) in [6.45, 7) is 0. The first-order valence-electron chi connectivity index (χ1n) is 4.50. The van der Waals surface area contributed by atoms with Gasteiger partial charge in [-0.15, -0.1) is 0 Å². The number of carboxylic acid groups (broad SMARTS) is 1. The second kappa shape index (κ2) is 4.28. The van der Waals surface area contributed by atoms with E-state index in [1.165, 1.54) is 6.20 Å². The Hall–Kier alpha value is -1.94. The highest BCUT2D eigenvalue weighted by molar-refractivity contribution is 6.32. The monoisotopic (exact) mass is 234 g/mol. The molecule has 0 amide bonds. The standard InChI is InChI=1S/C11H7ClN2O2/c12-9-8(11(15)16)6-13-10(14-9)7-4-2-1-3-5-7/h1-6H,(H,15,16). The molecule has 0 aliphatic rings. The molecule has 2 rings (SSSR count). The zero-order valence-electron chi connectivity index (χ0n) is 8.09. The van der Waals surface area contributed by atoms with Gasteiger partial charge in [-0.25, -0.2) is 14.8 Å². The smallest absolute Gasteiger partial charge is 0.340 e. The molecular formula is C11H7ClN2O2. The lowest BCUT2D eigenvalue weighted by atomic mass is 10.2. The van der Waals surface area contributed by atoms with E-state index in [4.69, 9.17) is 16.7 Å². The van der Waals surface area contributed by atoms with Crippen LogP contribution in [0.15, 0.2) is 36.5 Å². The molecule has 1 aromatic carbocycles. The summed E-state index contributed by atoms with van der Waals surface area (Å²) in [5.41, 5.74) is 0.697. The van der Waals surface area contributed by atoms with Gasteiger partial charge in [-0.2, -0.15) is 0 Å². The zero-order valence-corrected chi connectivity index (χ0v) is 8.85. The van der Waals surface area contributed by atoms with Gasteiger partial charge in [0.2, 0.25) is 0 Å². The molecule has 16 heavy (non-hydrogen) atoms. The number of carboxylic acids is 1. The highest BCUT2D eigenvalue weighted by Crippen LogP contribution is 2.18. The summed E-state index contributed by atoms with van der Waals surface area (Å²) in [7, 11) is 0. The van der Waals surface area contributed by atoms with Gasteiger partial charge in [0.25, 0.3) is 0 Å². The topological polar surface area (TPSA) is 63.1 Å². The molecule has 1 heterocycles. The summed E-state index contributed by atoms with van der Waals surface area (Å²) in [6.07, 6.45) is 1.21. The number of aromatic carboxylic acids is 1. The Bertz CT molecular complexity index is 529. The molecule has 0 saturated carbocycles. The van der Waals surface area contributed by atoms with Gasteiger partial charge in [0.1, 0.15) is 10.7 Å². The van der Waals surface area contributed by atoms with Crippen molar-refractivity contribution in [1.29, 1.82) is 0 Å². The molecule has 80 valence electrons. The van der Waals surface area contributed by atoms with Gasteiger partial charge in [-0.1, -0.05) is 41.9 Å². The molecular weight excluding hydrogens is 228 g/mol. The maximum absolute atomic E-state index is 10.7. The average Bonchev–Trinajstić information content (AvgIpc) is 2.29. The lowest BCUT2D eigenvalue weighted by molar-refractivity contribution is 0.0696. The summed E-state index contributed by atoms with van der Waals surface area (Å²) < 4.78 is 0. The third-order valence-electron chi connectivity index (χ3n) is 2.00. The average molecular weight is 235 g/mol. The number of aromatic nitrogens is 2. The molecule has 0 saturated heterocycles. The van der Waals surface area contributed by atoms with Crippen LogP contribution >= 0.6 is 11.6 Å². The van der Waals surface area contributed by atoms with Crippen LogP contribution in [0.1, 0.15) is 10.4 Å². The molecule has 0 bridgehead atoms. The van der Waals surface area contributed by atoms with Crippen molar-refractivity contribution in [2.75, 3.05) is 0 Å². The highest BCUT2D eigenvalue weighted by atomic mass is 35.5. The lowest BCUT2D eigenvalue weighted by Gasteiger charge is -2.01. The Balaban J connectivity index is 2.46. The van der Waals surface area contributed by atoms with Gasteiger partial charge in [-0.3, -0.25) is 0 Å². The minimum Gasteiger partial charge on any atom is -0.478 e. The van der Waals surface area contributed by atoms with Crippen molar-refractivity contribution in [2.45, 2.75) is 0 Å². The molecule has 0 spiro atoms. The van der Waals surface area contributed by atoms with Crippen molar-refractivity contribution in [3.8, 4) is 11.4 Å². The number of rotatable bonds is 2. The van der Waals surface area contributed by atoms with Crippen LogP contribution in [-0.2, 0) is 0 Å². The van der Waals surface area contributed by atoms with E-state index in [-0.39, 0.29) is 10.7 Å². The van der Waals surface area contributed by atoms with Gasteiger partial charge in [-0.05, 0) is 0 Å². The van der Waals surface area contributed by atoms with Crippen LogP contribution in [0.5, 0.6) is 0 Å². The van der Waals surface area contributed by atoms with Crippen molar-refractivity contribution in [3.05, 3.63) is 47.2 Å². The molecule has 2 aromatic rings. The summed E-state index contributed by atoms with van der Waals surface area (Å²) >= 11 is 5.74. The normalized spacial score (nSPS) is 10.1. The quantitative estimate of drug-likeness (QED) is 0.811. The Kier molecular flexibility index (Phi) is 2.83. The maximum Gasteiger partial charge on any atom is 0.340 e.